The van der Waals surface area contributed by atoms with Gasteiger partial charge < -0.3 is 10.1 Å². The summed E-state index contributed by atoms with van der Waals surface area (Å²) in [6.45, 7) is 0. The zero-order valence-electron chi connectivity index (χ0n) is 14.0. The summed E-state index contributed by atoms with van der Waals surface area (Å²) in [4.78, 5) is 34.5. The summed E-state index contributed by atoms with van der Waals surface area (Å²) in [6.07, 6.45) is 0.153. The van der Waals surface area contributed by atoms with Gasteiger partial charge in [0.2, 0.25) is 5.91 Å². The number of nitro groups is 1. The quantitative estimate of drug-likeness (QED) is 0.455. The second-order valence-electron chi connectivity index (χ2n) is 5.58. The van der Waals surface area contributed by atoms with Crippen LogP contribution in [0.1, 0.15) is 11.1 Å². The van der Waals surface area contributed by atoms with E-state index in [4.69, 9.17) is 16.3 Å². The maximum Gasteiger partial charge on any atom is 0.328 e. The van der Waals surface area contributed by atoms with Crippen molar-refractivity contribution in [3.8, 4) is 0 Å². The van der Waals surface area contributed by atoms with Crippen molar-refractivity contribution in [2.75, 3.05) is 7.11 Å². The van der Waals surface area contributed by atoms with Crippen LogP contribution in [0.4, 0.5) is 5.69 Å². The predicted octanol–water partition coefficient (Wildman–Crippen LogP) is 2.69. The van der Waals surface area contributed by atoms with Crippen LogP contribution in [0.2, 0.25) is 5.02 Å². The highest BCUT2D eigenvalue weighted by Gasteiger charge is 2.22. The maximum absolute atomic E-state index is 12.3. The number of methoxy groups -OCH3 is 1. The fourth-order valence-electron chi connectivity index (χ4n) is 2.40. The molecule has 0 aliphatic rings. The first-order valence-corrected chi connectivity index (χ1v) is 8.12. The highest BCUT2D eigenvalue weighted by Crippen LogP contribution is 2.14. The molecule has 8 heteroatoms. The Labute approximate surface area is 155 Å². The van der Waals surface area contributed by atoms with Gasteiger partial charge in [-0.1, -0.05) is 35.9 Å². The van der Waals surface area contributed by atoms with Crippen molar-refractivity contribution in [2.45, 2.75) is 18.9 Å². The molecule has 0 heterocycles. The van der Waals surface area contributed by atoms with Crippen LogP contribution in [0.5, 0.6) is 0 Å². The number of non-ortho nitro benzene ring substituents is 1. The lowest BCUT2D eigenvalue weighted by Gasteiger charge is -2.16. The van der Waals surface area contributed by atoms with Crippen molar-refractivity contribution >= 4 is 29.2 Å². The Kier molecular flexibility index (Phi) is 6.68. The summed E-state index contributed by atoms with van der Waals surface area (Å²) < 4.78 is 4.74. The normalized spacial score (nSPS) is 11.5. The number of carbonyl (C=O) groups is 2. The van der Waals surface area contributed by atoms with Crippen molar-refractivity contribution in [1.29, 1.82) is 0 Å². The first-order chi connectivity index (χ1) is 12.4. The van der Waals surface area contributed by atoms with Crippen LogP contribution < -0.4 is 5.32 Å². The number of nitro benzene ring substituents is 1. The second-order valence-corrected chi connectivity index (χ2v) is 6.01. The zero-order chi connectivity index (χ0) is 19.1. The van der Waals surface area contributed by atoms with E-state index in [-0.39, 0.29) is 18.5 Å². The molecular formula is C18H17ClN2O5. The SMILES string of the molecule is COC(=O)[C@H](Cc1ccc(Cl)cc1)NC(=O)Cc1cccc([N+](=O)[O-])c1. The van der Waals surface area contributed by atoms with Crippen molar-refractivity contribution in [3.05, 3.63) is 74.8 Å². The van der Waals surface area contributed by atoms with E-state index in [9.17, 15) is 19.7 Å². The van der Waals surface area contributed by atoms with Crippen LogP contribution in [0.25, 0.3) is 0 Å². The van der Waals surface area contributed by atoms with Gasteiger partial charge in [-0.05, 0) is 23.3 Å². The number of hydrogen-bond acceptors (Lipinski definition) is 5. The van der Waals surface area contributed by atoms with Gasteiger partial charge >= 0.3 is 5.97 Å². The molecule has 0 aliphatic carbocycles. The first kappa shape index (κ1) is 19.4. The van der Waals surface area contributed by atoms with Gasteiger partial charge in [-0.15, -0.1) is 0 Å². The number of nitrogens with zero attached hydrogens (tertiary/aromatic N) is 1. The summed E-state index contributed by atoms with van der Waals surface area (Å²) in [7, 11) is 1.24. The number of carbonyl (C=O) groups excluding carboxylic acids is 2. The predicted molar refractivity (Wildman–Crippen MR) is 95.9 cm³/mol. The highest BCUT2D eigenvalue weighted by atomic mass is 35.5. The van der Waals surface area contributed by atoms with Gasteiger partial charge in [0.25, 0.3) is 5.69 Å². The third-order valence-electron chi connectivity index (χ3n) is 3.66. The molecule has 26 heavy (non-hydrogen) atoms. The minimum atomic E-state index is -0.868. The van der Waals surface area contributed by atoms with E-state index < -0.39 is 22.8 Å². The van der Waals surface area contributed by atoms with E-state index in [0.717, 1.165) is 5.56 Å². The molecule has 7 nitrogen and oxygen atoms in total. The largest absolute Gasteiger partial charge is 0.467 e. The van der Waals surface area contributed by atoms with Crippen LogP contribution in [0.3, 0.4) is 0 Å². The topological polar surface area (TPSA) is 98.5 Å². The number of benzene rings is 2. The first-order valence-electron chi connectivity index (χ1n) is 7.74. The fraction of sp³-hybridized carbons (Fsp3) is 0.222. The van der Waals surface area contributed by atoms with E-state index in [1.807, 2.05) is 0 Å². The van der Waals surface area contributed by atoms with Crippen molar-refractivity contribution in [2.24, 2.45) is 0 Å². The van der Waals surface area contributed by atoms with E-state index in [2.05, 4.69) is 5.32 Å². The van der Waals surface area contributed by atoms with Crippen LogP contribution in [0.15, 0.2) is 48.5 Å². The molecule has 0 fully saturated rings. The number of hydrogen-bond donors (Lipinski definition) is 1. The van der Waals surface area contributed by atoms with E-state index >= 15 is 0 Å². The number of halogens is 1. The molecule has 1 amide bonds. The Morgan fingerprint density at radius 2 is 1.88 bits per heavy atom. The van der Waals surface area contributed by atoms with Crippen molar-refractivity contribution in [3.63, 3.8) is 0 Å². The molecule has 136 valence electrons. The third kappa shape index (κ3) is 5.56. The molecule has 2 rings (SSSR count). The molecule has 0 aromatic heterocycles. The summed E-state index contributed by atoms with van der Waals surface area (Å²) in [5.74, 6) is -1.01. The maximum atomic E-state index is 12.3. The summed E-state index contributed by atoms with van der Waals surface area (Å²) >= 11 is 5.84. The lowest BCUT2D eigenvalue weighted by Crippen LogP contribution is -2.43. The van der Waals surface area contributed by atoms with Gasteiger partial charge in [0.1, 0.15) is 6.04 Å². The third-order valence-corrected chi connectivity index (χ3v) is 3.91. The standard InChI is InChI=1S/C18H17ClN2O5/c1-26-18(23)16(10-12-5-7-14(19)8-6-12)20-17(22)11-13-3-2-4-15(9-13)21(24)25/h2-9,16H,10-11H2,1H3,(H,20,22)/t16-/m0/s1. The minimum Gasteiger partial charge on any atom is -0.467 e. The van der Waals surface area contributed by atoms with E-state index in [1.165, 1.54) is 25.3 Å². The Bertz CT molecular complexity index is 807. The number of nitrogens with one attached hydrogen (secondary N) is 1. The average Bonchev–Trinajstić information content (AvgIpc) is 2.62. The van der Waals surface area contributed by atoms with E-state index in [0.29, 0.717) is 10.6 Å². The zero-order valence-corrected chi connectivity index (χ0v) is 14.7. The highest BCUT2D eigenvalue weighted by molar-refractivity contribution is 6.30. The molecule has 0 saturated carbocycles. The molecule has 0 bridgehead atoms. The Balaban J connectivity index is 2.06. The molecular weight excluding hydrogens is 360 g/mol. The van der Waals surface area contributed by atoms with Crippen LogP contribution >= 0.6 is 11.6 Å². The smallest absolute Gasteiger partial charge is 0.328 e. The Hall–Kier alpha value is -2.93. The van der Waals surface area contributed by atoms with E-state index in [1.54, 1.807) is 30.3 Å². The molecule has 1 atom stereocenters. The molecule has 0 saturated heterocycles. The summed E-state index contributed by atoms with van der Waals surface area (Å²) in [6, 6.07) is 11.8. The number of rotatable bonds is 7. The number of esters is 1. The lowest BCUT2D eigenvalue weighted by molar-refractivity contribution is -0.384. The van der Waals surface area contributed by atoms with Gasteiger partial charge in [0, 0.05) is 23.6 Å². The van der Waals surface area contributed by atoms with Gasteiger partial charge in [-0.25, -0.2) is 4.79 Å². The van der Waals surface area contributed by atoms with Crippen LogP contribution in [-0.2, 0) is 27.2 Å². The van der Waals surface area contributed by atoms with Crippen molar-refractivity contribution < 1.29 is 19.2 Å². The molecule has 0 spiro atoms. The Morgan fingerprint density at radius 3 is 2.50 bits per heavy atom. The summed E-state index contributed by atoms with van der Waals surface area (Å²) in [5, 5.41) is 14.0. The monoisotopic (exact) mass is 376 g/mol. The molecule has 2 aromatic carbocycles. The minimum absolute atomic E-state index is 0.0875. The molecule has 0 radical (unpaired) electrons. The molecule has 0 unspecified atom stereocenters. The fourth-order valence-corrected chi connectivity index (χ4v) is 2.53. The van der Waals surface area contributed by atoms with Crippen molar-refractivity contribution in [1.82, 2.24) is 5.32 Å². The molecule has 2 aromatic rings. The average molecular weight is 377 g/mol. The number of amides is 1. The van der Waals surface area contributed by atoms with Crippen LogP contribution in [-0.4, -0.2) is 30.0 Å². The van der Waals surface area contributed by atoms with Crippen LogP contribution in [0, 0.1) is 10.1 Å². The van der Waals surface area contributed by atoms with Gasteiger partial charge in [-0.3, -0.25) is 14.9 Å². The number of ether oxygens (including phenoxy) is 1. The van der Waals surface area contributed by atoms with Gasteiger partial charge in [0.05, 0.1) is 18.5 Å². The Morgan fingerprint density at radius 1 is 1.19 bits per heavy atom. The molecule has 1 N–H and O–H groups in total. The lowest BCUT2D eigenvalue weighted by atomic mass is 10.1. The van der Waals surface area contributed by atoms with Gasteiger partial charge in [-0.2, -0.15) is 0 Å². The van der Waals surface area contributed by atoms with Gasteiger partial charge in [0.15, 0.2) is 0 Å². The molecule has 0 aliphatic heterocycles. The summed E-state index contributed by atoms with van der Waals surface area (Å²) in [5.41, 5.74) is 1.19. The second kappa shape index (κ2) is 8.96.